The summed E-state index contributed by atoms with van der Waals surface area (Å²) in [5.74, 6) is 0.225. The molecule has 0 spiro atoms. The Morgan fingerprint density at radius 1 is 1.16 bits per heavy atom. The number of hydrogen-bond acceptors (Lipinski definition) is 4. The summed E-state index contributed by atoms with van der Waals surface area (Å²) in [6.07, 6.45) is 7.88. The molecule has 2 fully saturated rings. The Labute approximate surface area is 187 Å². The largest absolute Gasteiger partial charge is 0.369 e. The zero-order valence-corrected chi connectivity index (χ0v) is 18.2. The molecule has 1 N–H and O–H groups in total. The van der Waals surface area contributed by atoms with Crippen LogP contribution in [0.25, 0.3) is 10.9 Å². The zero-order valence-electron chi connectivity index (χ0n) is 18.2. The molecule has 32 heavy (non-hydrogen) atoms. The lowest BCUT2D eigenvalue weighted by Crippen LogP contribution is -2.64. The fraction of sp³-hybridized carbons (Fsp3) is 0.400. The normalized spacial score (nSPS) is 21.7. The third-order valence-corrected chi connectivity index (χ3v) is 6.88. The third kappa shape index (κ3) is 3.66. The summed E-state index contributed by atoms with van der Waals surface area (Å²) >= 11 is 0. The molecule has 2 aromatic heterocycles. The van der Waals surface area contributed by atoms with Crippen molar-refractivity contribution in [2.75, 3.05) is 20.2 Å². The van der Waals surface area contributed by atoms with Crippen LogP contribution in [0.4, 0.5) is 0 Å². The van der Waals surface area contributed by atoms with E-state index in [9.17, 15) is 9.59 Å². The predicted octanol–water partition coefficient (Wildman–Crippen LogP) is 3.09. The van der Waals surface area contributed by atoms with Crippen LogP contribution in [0.2, 0.25) is 0 Å². The van der Waals surface area contributed by atoms with E-state index in [0.717, 1.165) is 30.3 Å². The number of nitrogens with zero attached hydrogens (tertiary/aromatic N) is 3. The van der Waals surface area contributed by atoms with Crippen molar-refractivity contribution < 1.29 is 14.3 Å². The van der Waals surface area contributed by atoms with Gasteiger partial charge < -0.3 is 19.5 Å². The highest BCUT2D eigenvalue weighted by atomic mass is 16.5. The van der Waals surface area contributed by atoms with E-state index in [1.165, 1.54) is 10.9 Å². The number of ether oxygens (including phenoxy) is 1. The van der Waals surface area contributed by atoms with Crippen molar-refractivity contribution in [3.8, 4) is 0 Å². The second-order valence-electron chi connectivity index (χ2n) is 8.60. The van der Waals surface area contributed by atoms with Gasteiger partial charge in [0, 0.05) is 62.2 Å². The van der Waals surface area contributed by atoms with Crippen molar-refractivity contribution in [2.45, 2.75) is 43.9 Å². The zero-order chi connectivity index (χ0) is 22.1. The second kappa shape index (κ2) is 8.74. The molecule has 2 saturated heterocycles. The van der Waals surface area contributed by atoms with Crippen LogP contribution in [0.5, 0.6) is 0 Å². The fourth-order valence-electron chi connectivity index (χ4n) is 5.15. The quantitative estimate of drug-likeness (QED) is 0.607. The topological polar surface area (TPSA) is 78.5 Å². The van der Waals surface area contributed by atoms with Crippen LogP contribution in [0.1, 0.15) is 36.4 Å². The van der Waals surface area contributed by atoms with Gasteiger partial charge in [0.1, 0.15) is 0 Å². The van der Waals surface area contributed by atoms with Crippen molar-refractivity contribution in [2.24, 2.45) is 0 Å². The van der Waals surface area contributed by atoms with E-state index < -0.39 is 6.10 Å². The predicted molar refractivity (Wildman–Crippen MR) is 121 cm³/mol. The van der Waals surface area contributed by atoms with Crippen molar-refractivity contribution in [1.29, 1.82) is 0 Å². The van der Waals surface area contributed by atoms with Crippen LogP contribution in [0.15, 0.2) is 55.0 Å². The minimum absolute atomic E-state index is 0.0402. The summed E-state index contributed by atoms with van der Waals surface area (Å²) in [7, 11) is 1.59. The molecule has 0 unspecified atom stereocenters. The standard InChI is InChI=1S/C25H28N4O3/c1-32-24-23(17-8-12-26-13-9-17)29(25(24)31)19-10-14-28(15-11-19)22(30)7-6-18-16-27-21-5-3-2-4-20(18)21/h2-5,8-9,12-13,16,19,23-24,27H,6-7,10-11,14-15H2,1H3/t23-,24+/m0/s1. The van der Waals surface area contributed by atoms with Gasteiger partial charge in [-0.3, -0.25) is 14.6 Å². The first-order chi connectivity index (χ1) is 15.7. The minimum atomic E-state index is -0.437. The molecule has 2 aliphatic rings. The molecule has 166 valence electrons. The maximum atomic E-state index is 12.8. The number of aryl methyl sites for hydroxylation is 1. The summed E-state index contributed by atoms with van der Waals surface area (Å²) in [5.41, 5.74) is 3.33. The minimum Gasteiger partial charge on any atom is -0.369 e. The molecule has 5 rings (SSSR count). The number of para-hydroxylation sites is 1. The number of carbonyl (C=O) groups excluding carboxylic acids is 2. The van der Waals surface area contributed by atoms with E-state index in [-0.39, 0.29) is 23.9 Å². The Bertz CT molecular complexity index is 1100. The molecule has 3 aromatic rings. The molecule has 0 saturated carbocycles. The second-order valence-corrected chi connectivity index (χ2v) is 8.60. The summed E-state index contributed by atoms with van der Waals surface area (Å²) in [4.78, 5) is 36.8. The summed E-state index contributed by atoms with van der Waals surface area (Å²) in [6, 6.07) is 12.1. The summed E-state index contributed by atoms with van der Waals surface area (Å²) in [5, 5.41) is 1.19. The molecular weight excluding hydrogens is 404 g/mol. The van der Waals surface area contributed by atoms with Gasteiger partial charge in [-0.25, -0.2) is 0 Å². The van der Waals surface area contributed by atoms with Crippen LogP contribution in [0.3, 0.4) is 0 Å². The molecule has 2 amide bonds. The maximum Gasteiger partial charge on any atom is 0.255 e. The number of nitrogens with one attached hydrogen (secondary N) is 1. The van der Waals surface area contributed by atoms with Crippen LogP contribution >= 0.6 is 0 Å². The first kappa shape index (κ1) is 20.7. The van der Waals surface area contributed by atoms with Gasteiger partial charge in [0.15, 0.2) is 6.10 Å². The van der Waals surface area contributed by atoms with Gasteiger partial charge in [0.25, 0.3) is 5.91 Å². The number of rotatable bonds is 6. The molecule has 2 atom stereocenters. The number of carbonyl (C=O) groups is 2. The van der Waals surface area contributed by atoms with Gasteiger partial charge >= 0.3 is 0 Å². The fourth-order valence-corrected chi connectivity index (χ4v) is 5.15. The first-order valence-electron chi connectivity index (χ1n) is 11.2. The summed E-state index contributed by atoms with van der Waals surface area (Å²) in [6.45, 7) is 1.36. The van der Waals surface area contributed by atoms with Gasteiger partial charge in [-0.2, -0.15) is 0 Å². The van der Waals surface area contributed by atoms with Crippen LogP contribution in [0, 0.1) is 0 Å². The number of likely N-dealkylation sites (tertiary alicyclic amines) is 2. The van der Waals surface area contributed by atoms with Gasteiger partial charge in [0.05, 0.1) is 6.04 Å². The molecule has 1 aromatic carbocycles. The number of methoxy groups -OCH3 is 1. The highest BCUT2D eigenvalue weighted by Gasteiger charge is 2.51. The van der Waals surface area contributed by atoms with E-state index in [2.05, 4.69) is 22.1 Å². The lowest BCUT2D eigenvalue weighted by Gasteiger charge is -2.52. The Morgan fingerprint density at radius 3 is 2.66 bits per heavy atom. The average molecular weight is 433 g/mol. The number of piperidine rings is 1. The van der Waals surface area contributed by atoms with Crippen molar-refractivity contribution >= 4 is 22.7 Å². The molecule has 7 nitrogen and oxygen atoms in total. The number of aromatic nitrogens is 2. The lowest BCUT2D eigenvalue weighted by molar-refractivity contribution is -0.178. The van der Waals surface area contributed by atoms with Gasteiger partial charge in [-0.05, 0) is 48.6 Å². The van der Waals surface area contributed by atoms with Crippen LogP contribution in [-0.2, 0) is 20.7 Å². The first-order valence-corrected chi connectivity index (χ1v) is 11.2. The number of β-lactam (4-membered cyclic amide) rings is 1. The van der Waals surface area contributed by atoms with Crippen LogP contribution in [-0.4, -0.2) is 63.9 Å². The highest BCUT2D eigenvalue weighted by molar-refractivity contribution is 5.89. The van der Waals surface area contributed by atoms with E-state index >= 15 is 0 Å². The monoisotopic (exact) mass is 432 g/mol. The molecule has 0 radical (unpaired) electrons. The molecule has 0 aliphatic carbocycles. The van der Waals surface area contributed by atoms with E-state index in [4.69, 9.17) is 4.74 Å². The van der Waals surface area contributed by atoms with Crippen LogP contribution < -0.4 is 0 Å². The molecule has 4 heterocycles. The van der Waals surface area contributed by atoms with E-state index in [1.54, 1.807) is 19.5 Å². The Kier molecular flexibility index (Phi) is 5.66. The Hall–Kier alpha value is -3.19. The van der Waals surface area contributed by atoms with E-state index in [1.807, 2.05) is 40.3 Å². The number of amides is 2. The molecule has 0 bridgehead atoms. The molecule has 2 aliphatic heterocycles. The highest BCUT2D eigenvalue weighted by Crippen LogP contribution is 2.40. The smallest absolute Gasteiger partial charge is 0.255 e. The van der Waals surface area contributed by atoms with Crippen molar-refractivity contribution in [1.82, 2.24) is 19.8 Å². The van der Waals surface area contributed by atoms with Gasteiger partial charge in [-0.15, -0.1) is 0 Å². The summed E-state index contributed by atoms with van der Waals surface area (Å²) < 4.78 is 5.46. The number of pyridine rings is 1. The molecular formula is C25H28N4O3. The Balaban J connectivity index is 1.18. The lowest BCUT2D eigenvalue weighted by atomic mass is 9.86. The number of fused-ring (bicyclic) bond motifs is 1. The average Bonchev–Trinajstić information content (AvgIpc) is 3.25. The van der Waals surface area contributed by atoms with Crippen molar-refractivity contribution in [3.05, 3.63) is 66.1 Å². The van der Waals surface area contributed by atoms with E-state index in [0.29, 0.717) is 19.5 Å². The molecule has 7 heteroatoms. The Morgan fingerprint density at radius 2 is 1.91 bits per heavy atom. The SMILES string of the molecule is CO[C@H]1C(=O)N(C2CCN(C(=O)CCc3c[nH]c4ccccc34)CC2)[C@H]1c1ccncc1. The maximum absolute atomic E-state index is 12.8. The number of benzene rings is 1. The number of hydrogen-bond donors (Lipinski definition) is 1. The number of H-pyrrole nitrogens is 1. The van der Waals surface area contributed by atoms with Gasteiger partial charge in [-0.1, -0.05) is 18.2 Å². The van der Waals surface area contributed by atoms with Crippen molar-refractivity contribution in [3.63, 3.8) is 0 Å². The number of aromatic amines is 1. The van der Waals surface area contributed by atoms with Gasteiger partial charge in [0.2, 0.25) is 5.91 Å². The third-order valence-electron chi connectivity index (χ3n) is 6.88.